The average Bonchev–Trinajstić information content (AvgIpc) is 3.08. The van der Waals surface area contributed by atoms with Crippen molar-refractivity contribution in [3.05, 3.63) is 54.0 Å². The van der Waals surface area contributed by atoms with Crippen molar-refractivity contribution in [3.63, 3.8) is 0 Å². The zero-order chi connectivity index (χ0) is 20.4. The molecule has 8 nitrogen and oxygen atoms in total. The molecule has 2 fully saturated rings. The lowest BCUT2D eigenvalue weighted by Gasteiger charge is -2.29. The molecule has 0 aliphatic carbocycles. The van der Waals surface area contributed by atoms with E-state index in [4.69, 9.17) is 4.74 Å². The molecule has 2 aliphatic heterocycles. The van der Waals surface area contributed by atoms with Crippen LogP contribution in [0.25, 0.3) is 0 Å². The molecule has 9 heteroatoms. The summed E-state index contributed by atoms with van der Waals surface area (Å²) >= 11 is 0. The minimum absolute atomic E-state index is 0.122. The van der Waals surface area contributed by atoms with Gasteiger partial charge in [0.25, 0.3) is 0 Å². The quantitative estimate of drug-likeness (QED) is 0.742. The number of rotatable bonds is 5. The predicted molar refractivity (Wildman–Crippen MR) is 108 cm³/mol. The second-order valence-corrected chi connectivity index (χ2v) is 9.51. The summed E-state index contributed by atoms with van der Waals surface area (Å²) in [5.74, 6) is 0.644. The van der Waals surface area contributed by atoms with Gasteiger partial charge in [0.15, 0.2) is 5.82 Å². The van der Waals surface area contributed by atoms with Gasteiger partial charge in [0.05, 0.1) is 30.4 Å². The molecular formula is C20H24N4O4S. The van der Waals surface area contributed by atoms with E-state index in [9.17, 15) is 13.2 Å². The summed E-state index contributed by atoms with van der Waals surface area (Å²) in [5.41, 5.74) is 1.96. The van der Waals surface area contributed by atoms with Gasteiger partial charge in [-0.1, -0.05) is 30.3 Å². The fraction of sp³-hybridized carbons (Fsp3) is 0.450. The maximum Gasteiger partial charge on any atom is 0.415 e. The van der Waals surface area contributed by atoms with Crippen molar-refractivity contribution in [1.29, 1.82) is 0 Å². The van der Waals surface area contributed by atoms with Crippen LogP contribution < -0.4 is 4.90 Å². The Bertz CT molecular complexity index is 958. The van der Waals surface area contributed by atoms with Gasteiger partial charge in [-0.15, -0.1) is 0 Å². The minimum atomic E-state index is -3.15. The summed E-state index contributed by atoms with van der Waals surface area (Å²) in [6, 6.07) is 9.84. The molecule has 0 unspecified atom stereocenters. The minimum Gasteiger partial charge on any atom is -0.447 e. The molecule has 1 aromatic carbocycles. The van der Waals surface area contributed by atoms with E-state index in [-0.39, 0.29) is 12.0 Å². The fourth-order valence-electron chi connectivity index (χ4n) is 3.93. The third-order valence-electron chi connectivity index (χ3n) is 5.52. The van der Waals surface area contributed by atoms with Crippen LogP contribution in [-0.2, 0) is 21.2 Å². The van der Waals surface area contributed by atoms with Gasteiger partial charge < -0.3 is 4.74 Å². The van der Waals surface area contributed by atoms with Crippen molar-refractivity contribution in [2.45, 2.75) is 31.2 Å². The number of carbonyl (C=O) groups is 1. The number of hydrogen-bond donors (Lipinski definition) is 0. The van der Waals surface area contributed by atoms with E-state index in [1.165, 1.54) is 10.6 Å². The third kappa shape index (κ3) is 4.40. The van der Waals surface area contributed by atoms with Crippen molar-refractivity contribution >= 4 is 21.9 Å². The van der Waals surface area contributed by atoms with Crippen molar-refractivity contribution in [2.75, 3.05) is 30.9 Å². The van der Waals surface area contributed by atoms with E-state index < -0.39 is 16.1 Å². The van der Waals surface area contributed by atoms with E-state index in [1.807, 2.05) is 30.3 Å². The SMILES string of the molecule is CS(=O)(=O)N1CCC(c2cnc(N3C(=O)OC[C@H]3Cc3ccccc3)cn2)CC1. The number of sulfonamides is 1. The first-order valence-corrected chi connectivity index (χ1v) is 11.5. The molecule has 0 spiro atoms. The number of benzene rings is 1. The number of aromatic nitrogens is 2. The fourth-order valence-corrected chi connectivity index (χ4v) is 4.80. The highest BCUT2D eigenvalue weighted by molar-refractivity contribution is 7.88. The van der Waals surface area contributed by atoms with Gasteiger partial charge in [-0.25, -0.2) is 22.5 Å². The predicted octanol–water partition coefficient (Wildman–Crippen LogP) is 2.18. The standard InChI is InChI=1S/C20H24N4O4S/c1-29(26,27)23-9-7-16(8-10-23)18-12-22-19(13-21-18)24-17(14-28-20(24)25)11-15-5-3-2-4-6-15/h2-6,12-13,16-17H,7-11,14H2,1H3/t17-/m1/s1. The van der Waals surface area contributed by atoms with Gasteiger partial charge in [-0.2, -0.15) is 0 Å². The van der Waals surface area contributed by atoms with Crippen molar-refractivity contribution < 1.29 is 17.9 Å². The second-order valence-electron chi connectivity index (χ2n) is 7.53. The zero-order valence-corrected chi connectivity index (χ0v) is 17.1. The van der Waals surface area contributed by atoms with Gasteiger partial charge in [-0.05, 0) is 24.8 Å². The second kappa shape index (κ2) is 8.08. The summed E-state index contributed by atoms with van der Waals surface area (Å²) in [5, 5.41) is 0. The number of hydrogen-bond acceptors (Lipinski definition) is 6. The van der Waals surface area contributed by atoms with Crippen LogP contribution in [0.15, 0.2) is 42.7 Å². The Morgan fingerprint density at radius 1 is 1.10 bits per heavy atom. The summed E-state index contributed by atoms with van der Waals surface area (Å²) in [6.45, 7) is 1.30. The number of carbonyl (C=O) groups excluding carboxylic acids is 1. The molecule has 1 amide bonds. The van der Waals surface area contributed by atoms with Crippen LogP contribution in [0.5, 0.6) is 0 Å². The Labute approximate surface area is 170 Å². The summed E-state index contributed by atoms with van der Waals surface area (Å²) < 4.78 is 30.1. The number of nitrogens with zero attached hydrogens (tertiary/aromatic N) is 4. The van der Waals surface area contributed by atoms with E-state index in [2.05, 4.69) is 9.97 Å². The lowest BCUT2D eigenvalue weighted by molar-refractivity contribution is 0.178. The topological polar surface area (TPSA) is 92.7 Å². The van der Waals surface area contributed by atoms with Crippen LogP contribution in [0, 0.1) is 0 Å². The molecular weight excluding hydrogens is 392 g/mol. The third-order valence-corrected chi connectivity index (χ3v) is 6.82. The monoisotopic (exact) mass is 416 g/mol. The first-order chi connectivity index (χ1) is 13.9. The van der Waals surface area contributed by atoms with Gasteiger partial charge in [0.2, 0.25) is 10.0 Å². The Balaban J connectivity index is 1.45. The number of piperidine rings is 1. The van der Waals surface area contributed by atoms with Crippen LogP contribution in [0.2, 0.25) is 0 Å². The van der Waals surface area contributed by atoms with Gasteiger partial charge in [0, 0.05) is 19.0 Å². The number of cyclic esters (lactones) is 1. The molecule has 3 heterocycles. The molecule has 0 bridgehead atoms. The van der Waals surface area contributed by atoms with Crippen LogP contribution in [0.3, 0.4) is 0 Å². The summed E-state index contributed by atoms with van der Waals surface area (Å²) in [7, 11) is -3.15. The first-order valence-electron chi connectivity index (χ1n) is 9.69. The zero-order valence-electron chi connectivity index (χ0n) is 16.3. The molecule has 2 aliphatic rings. The smallest absolute Gasteiger partial charge is 0.415 e. The summed E-state index contributed by atoms with van der Waals surface area (Å²) in [4.78, 5) is 22.8. The largest absolute Gasteiger partial charge is 0.447 e. The van der Waals surface area contributed by atoms with Crippen LogP contribution >= 0.6 is 0 Å². The molecule has 2 saturated heterocycles. The lowest BCUT2D eigenvalue weighted by atomic mass is 9.95. The Morgan fingerprint density at radius 3 is 2.45 bits per heavy atom. The van der Waals surface area contributed by atoms with E-state index in [0.717, 1.165) is 11.3 Å². The number of anilines is 1. The molecule has 154 valence electrons. The van der Waals surface area contributed by atoms with Crippen LogP contribution in [-0.4, -0.2) is 60.8 Å². The van der Waals surface area contributed by atoms with Crippen LogP contribution in [0.4, 0.5) is 10.6 Å². The highest BCUT2D eigenvalue weighted by Crippen LogP contribution is 2.29. The number of ether oxygens (including phenoxy) is 1. The maximum atomic E-state index is 12.3. The van der Waals surface area contributed by atoms with Crippen molar-refractivity contribution in [1.82, 2.24) is 14.3 Å². The Morgan fingerprint density at radius 2 is 1.83 bits per heavy atom. The van der Waals surface area contributed by atoms with E-state index in [0.29, 0.717) is 44.8 Å². The van der Waals surface area contributed by atoms with Gasteiger partial charge in [-0.3, -0.25) is 9.88 Å². The first kappa shape index (κ1) is 19.8. The summed E-state index contributed by atoms with van der Waals surface area (Å²) in [6.07, 6.45) is 6.24. The normalized spacial score (nSPS) is 21.3. The Hall–Kier alpha value is -2.52. The highest BCUT2D eigenvalue weighted by Gasteiger charge is 2.35. The molecule has 29 heavy (non-hydrogen) atoms. The molecule has 0 saturated carbocycles. The van der Waals surface area contributed by atoms with E-state index in [1.54, 1.807) is 17.3 Å². The van der Waals surface area contributed by atoms with Crippen molar-refractivity contribution in [2.24, 2.45) is 0 Å². The molecule has 2 aromatic rings. The van der Waals surface area contributed by atoms with E-state index >= 15 is 0 Å². The molecule has 4 rings (SSSR count). The lowest BCUT2D eigenvalue weighted by Crippen LogP contribution is -2.37. The maximum absolute atomic E-state index is 12.3. The highest BCUT2D eigenvalue weighted by atomic mass is 32.2. The van der Waals surface area contributed by atoms with Crippen LogP contribution in [0.1, 0.15) is 30.0 Å². The molecule has 1 aromatic heterocycles. The van der Waals surface area contributed by atoms with Gasteiger partial charge in [0.1, 0.15) is 6.61 Å². The van der Waals surface area contributed by atoms with Crippen molar-refractivity contribution in [3.8, 4) is 0 Å². The molecule has 1 atom stereocenters. The molecule has 0 N–H and O–H groups in total. The van der Waals surface area contributed by atoms with Gasteiger partial charge >= 0.3 is 6.09 Å². The number of amides is 1. The average molecular weight is 417 g/mol. The Kier molecular flexibility index (Phi) is 5.51. The molecule has 0 radical (unpaired) electrons.